The Morgan fingerprint density at radius 2 is 2.36 bits per heavy atom. The Hall–Kier alpha value is -0.390. The highest BCUT2D eigenvalue weighted by atomic mass is 79.9. The van der Waals surface area contributed by atoms with E-state index in [0.29, 0.717) is 12.8 Å². The highest BCUT2D eigenvalue weighted by Crippen LogP contribution is 2.46. The second-order valence-corrected chi connectivity index (χ2v) is 5.51. The Kier molecular flexibility index (Phi) is 2.41. The summed E-state index contributed by atoms with van der Waals surface area (Å²) in [5.41, 5.74) is 4.95. The van der Waals surface area contributed by atoms with Crippen molar-refractivity contribution in [1.29, 1.82) is 0 Å². The van der Waals surface area contributed by atoms with Gasteiger partial charge in [-0.3, -0.25) is 4.79 Å². The van der Waals surface area contributed by atoms with E-state index in [0.717, 1.165) is 9.35 Å². The molecular weight excluding hydrogens is 266 g/mol. The first kappa shape index (κ1) is 10.1. The van der Waals surface area contributed by atoms with E-state index < -0.39 is 11.4 Å². The number of nitrogens with two attached hydrogens (primary N) is 1. The van der Waals surface area contributed by atoms with E-state index in [1.807, 2.05) is 11.4 Å². The standard InChI is InChI=1S/C9H10BrNO2S/c10-5-1-7(14-4-5)9(8(12)13)2-6(11)3-9/h1,4,6H,2-3,11H2,(H,12,13). The van der Waals surface area contributed by atoms with Crippen molar-refractivity contribution >= 4 is 33.2 Å². The monoisotopic (exact) mass is 275 g/mol. The molecule has 0 bridgehead atoms. The van der Waals surface area contributed by atoms with Crippen molar-refractivity contribution in [2.45, 2.75) is 24.3 Å². The molecule has 1 aromatic heterocycles. The zero-order valence-electron chi connectivity index (χ0n) is 7.37. The van der Waals surface area contributed by atoms with E-state index in [1.165, 1.54) is 11.3 Å². The van der Waals surface area contributed by atoms with E-state index in [-0.39, 0.29) is 6.04 Å². The number of hydrogen-bond donors (Lipinski definition) is 2. The van der Waals surface area contributed by atoms with Gasteiger partial charge in [-0.1, -0.05) is 0 Å². The van der Waals surface area contributed by atoms with Gasteiger partial charge < -0.3 is 10.8 Å². The van der Waals surface area contributed by atoms with Crippen LogP contribution in [0.5, 0.6) is 0 Å². The lowest BCUT2D eigenvalue weighted by atomic mass is 9.65. The molecule has 1 aliphatic carbocycles. The van der Waals surface area contributed by atoms with Gasteiger partial charge in [-0.05, 0) is 34.8 Å². The van der Waals surface area contributed by atoms with Gasteiger partial charge in [-0.25, -0.2) is 0 Å². The lowest BCUT2D eigenvalue weighted by Gasteiger charge is -2.41. The highest BCUT2D eigenvalue weighted by Gasteiger charge is 2.51. The Morgan fingerprint density at radius 1 is 1.71 bits per heavy atom. The molecule has 0 saturated heterocycles. The molecule has 0 aliphatic heterocycles. The zero-order valence-corrected chi connectivity index (χ0v) is 9.77. The summed E-state index contributed by atoms with van der Waals surface area (Å²) in [6.07, 6.45) is 1.10. The van der Waals surface area contributed by atoms with Gasteiger partial charge >= 0.3 is 5.97 Å². The summed E-state index contributed by atoms with van der Waals surface area (Å²) in [6, 6.07) is 1.91. The third kappa shape index (κ3) is 1.39. The van der Waals surface area contributed by atoms with E-state index in [9.17, 15) is 9.90 Å². The van der Waals surface area contributed by atoms with Crippen molar-refractivity contribution in [2.75, 3.05) is 0 Å². The van der Waals surface area contributed by atoms with Crippen molar-refractivity contribution in [3.8, 4) is 0 Å². The normalized spacial score (nSPS) is 31.1. The fraction of sp³-hybridized carbons (Fsp3) is 0.444. The van der Waals surface area contributed by atoms with Gasteiger partial charge in [0.25, 0.3) is 0 Å². The third-order valence-corrected chi connectivity index (χ3v) is 4.57. The first-order valence-corrected chi connectivity index (χ1v) is 5.95. The van der Waals surface area contributed by atoms with Gasteiger partial charge in [0.15, 0.2) is 0 Å². The summed E-state index contributed by atoms with van der Waals surface area (Å²) in [5, 5.41) is 11.1. The average Bonchev–Trinajstić information content (AvgIpc) is 2.45. The first-order valence-electron chi connectivity index (χ1n) is 4.28. The number of thiophene rings is 1. The van der Waals surface area contributed by atoms with Crippen LogP contribution in [-0.4, -0.2) is 17.1 Å². The number of aliphatic carboxylic acids is 1. The number of hydrogen-bond acceptors (Lipinski definition) is 3. The van der Waals surface area contributed by atoms with Crippen molar-refractivity contribution in [3.05, 3.63) is 20.8 Å². The van der Waals surface area contributed by atoms with Gasteiger partial charge in [0.1, 0.15) is 5.41 Å². The molecule has 2 rings (SSSR count). The van der Waals surface area contributed by atoms with Crippen molar-refractivity contribution in [2.24, 2.45) is 5.73 Å². The van der Waals surface area contributed by atoms with Crippen LogP contribution in [0.2, 0.25) is 0 Å². The van der Waals surface area contributed by atoms with E-state index in [1.54, 1.807) is 0 Å². The van der Waals surface area contributed by atoms with Crippen LogP contribution >= 0.6 is 27.3 Å². The SMILES string of the molecule is NC1CC(C(=O)O)(c2cc(Br)cs2)C1. The van der Waals surface area contributed by atoms with Gasteiger partial charge in [0, 0.05) is 20.8 Å². The lowest BCUT2D eigenvalue weighted by molar-refractivity contribution is -0.148. The van der Waals surface area contributed by atoms with Crippen LogP contribution in [0, 0.1) is 0 Å². The van der Waals surface area contributed by atoms with Crippen LogP contribution < -0.4 is 5.73 Å². The van der Waals surface area contributed by atoms with Gasteiger partial charge in [0.05, 0.1) is 0 Å². The molecule has 0 aromatic carbocycles. The van der Waals surface area contributed by atoms with Crippen LogP contribution in [-0.2, 0) is 10.2 Å². The molecule has 0 atom stereocenters. The summed E-state index contributed by atoms with van der Waals surface area (Å²) in [4.78, 5) is 12.1. The molecule has 5 heteroatoms. The smallest absolute Gasteiger partial charge is 0.315 e. The van der Waals surface area contributed by atoms with Gasteiger partial charge in [-0.15, -0.1) is 11.3 Å². The zero-order chi connectivity index (χ0) is 10.3. The number of carboxylic acid groups (broad SMARTS) is 1. The molecule has 0 unspecified atom stereocenters. The Labute approximate surface area is 94.1 Å². The first-order chi connectivity index (χ1) is 6.54. The Balaban J connectivity index is 2.34. The predicted octanol–water partition coefficient (Wildman–Crippen LogP) is 1.95. The molecule has 1 aliphatic rings. The maximum Gasteiger partial charge on any atom is 0.315 e. The van der Waals surface area contributed by atoms with Crippen LogP contribution in [0.1, 0.15) is 17.7 Å². The second-order valence-electron chi connectivity index (χ2n) is 3.68. The molecule has 14 heavy (non-hydrogen) atoms. The number of rotatable bonds is 2. The fourth-order valence-corrected chi connectivity index (χ4v) is 3.52. The van der Waals surface area contributed by atoms with E-state index >= 15 is 0 Å². The van der Waals surface area contributed by atoms with Crippen LogP contribution in [0.4, 0.5) is 0 Å². The minimum atomic E-state index is -0.756. The minimum Gasteiger partial charge on any atom is -0.481 e. The quantitative estimate of drug-likeness (QED) is 0.867. The third-order valence-electron chi connectivity index (χ3n) is 2.67. The average molecular weight is 276 g/mol. The lowest BCUT2D eigenvalue weighted by Crippen LogP contribution is -2.53. The molecule has 1 fully saturated rings. The molecule has 3 N–H and O–H groups in total. The summed E-state index contributed by atoms with van der Waals surface area (Å²) >= 11 is 4.81. The van der Waals surface area contributed by atoms with Crippen molar-refractivity contribution in [3.63, 3.8) is 0 Å². The van der Waals surface area contributed by atoms with Crippen molar-refractivity contribution < 1.29 is 9.90 Å². The maximum absolute atomic E-state index is 11.2. The van der Waals surface area contributed by atoms with Crippen LogP contribution in [0.25, 0.3) is 0 Å². The molecule has 0 amide bonds. The molecule has 0 spiro atoms. The van der Waals surface area contributed by atoms with Gasteiger partial charge in [-0.2, -0.15) is 0 Å². The molecule has 1 aromatic rings. The van der Waals surface area contributed by atoms with E-state index in [4.69, 9.17) is 5.73 Å². The molecule has 3 nitrogen and oxygen atoms in total. The Morgan fingerprint density at radius 3 is 2.71 bits per heavy atom. The largest absolute Gasteiger partial charge is 0.481 e. The number of carbonyl (C=O) groups is 1. The topological polar surface area (TPSA) is 63.3 Å². The highest BCUT2D eigenvalue weighted by molar-refractivity contribution is 9.10. The number of halogens is 1. The number of carboxylic acids is 1. The van der Waals surface area contributed by atoms with Crippen LogP contribution in [0.3, 0.4) is 0 Å². The summed E-state index contributed by atoms with van der Waals surface area (Å²) in [7, 11) is 0. The summed E-state index contributed by atoms with van der Waals surface area (Å²) < 4.78 is 0.943. The molecular formula is C9H10BrNO2S. The molecule has 76 valence electrons. The van der Waals surface area contributed by atoms with Crippen LogP contribution in [0.15, 0.2) is 15.9 Å². The minimum absolute atomic E-state index is 0.0342. The fourth-order valence-electron chi connectivity index (χ4n) is 1.88. The molecule has 0 radical (unpaired) electrons. The van der Waals surface area contributed by atoms with E-state index in [2.05, 4.69) is 15.9 Å². The second kappa shape index (κ2) is 3.32. The predicted molar refractivity (Wildman–Crippen MR) is 58.5 cm³/mol. The summed E-state index contributed by atoms with van der Waals surface area (Å²) in [6.45, 7) is 0. The molecule has 1 heterocycles. The maximum atomic E-state index is 11.2. The molecule has 1 saturated carbocycles. The van der Waals surface area contributed by atoms with Gasteiger partial charge in [0.2, 0.25) is 0 Å². The van der Waals surface area contributed by atoms with Crippen molar-refractivity contribution in [1.82, 2.24) is 0 Å². The summed E-state index contributed by atoms with van der Waals surface area (Å²) in [5.74, 6) is -0.756. The Bertz CT molecular complexity index is 371.